The Morgan fingerprint density at radius 1 is 1.24 bits per heavy atom. The highest BCUT2D eigenvalue weighted by atomic mass is 35.5. The van der Waals surface area contributed by atoms with Crippen molar-refractivity contribution < 1.29 is 14.3 Å². The van der Waals surface area contributed by atoms with E-state index >= 15 is 0 Å². The number of halogens is 1. The molecule has 25 heavy (non-hydrogen) atoms. The van der Waals surface area contributed by atoms with Gasteiger partial charge in [0.1, 0.15) is 5.75 Å². The number of rotatable bonds is 8. The van der Waals surface area contributed by atoms with E-state index in [0.717, 1.165) is 24.2 Å². The second-order valence-electron chi connectivity index (χ2n) is 6.27. The first-order valence-corrected chi connectivity index (χ1v) is 9.50. The van der Waals surface area contributed by atoms with Gasteiger partial charge in [-0.05, 0) is 43.9 Å². The van der Waals surface area contributed by atoms with Gasteiger partial charge in [0.05, 0.1) is 13.0 Å². The fourth-order valence-electron chi connectivity index (χ4n) is 2.96. The van der Waals surface area contributed by atoms with Crippen LogP contribution in [0, 0.1) is 0 Å². The van der Waals surface area contributed by atoms with Gasteiger partial charge in [0, 0.05) is 31.4 Å². The second kappa shape index (κ2) is 10.3. The van der Waals surface area contributed by atoms with Crippen molar-refractivity contribution in [2.24, 2.45) is 0 Å². The molecule has 138 valence electrons. The number of carbonyl (C=O) groups is 2. The number of hydrogen-bond donors (Lipinski definition) is 1. The lowest BCUT2D eigenvalue weighted by Gasteiger charge is -2.32. The number of piperidine rings is 1. The van der Waals surface area contributed by atoms with Crippen LogP contribution in [0.2, 0.25) is 0 Å². The van der Waals surface area contributed by atoms with Gasteiger partial charge in [0.2, 0.25) is 11.8 Å². The van der Waals surface area contributed by atoms with Crippen molar-refractivity contribution in [1.82, 2.24) is 10.2 Å². The monoisotopic (exact) mass is 366 g/mol. The summed E-state index contributed by atoms with van der Waals surface area (Å²) < 4.78 is 5.41. The molecule has 0 bridgehead atoms. The summed E-state index contributed by atoms with van der Waals surface area (Å²) in [6.07, 6.45) is 3.19. The SMILES string of the molecule is CCOc1ccc(CC(=O)N2CCC(NC(=O)CCCCl)CC2)cc1. The van der Waals surface area contributed by atoms with Crippen LogP contribution in [0.25, 0.3) is 0 Å². The van der Waals surface area contributed by atoms with Crippen LogP contribution in [0.15, 0.2) is 24.3 Å². The van der Waals surface area contributed by atoms with Crippen LogP contribution in [0.1, 0.15) is 38.2 Å². The van der Waals surface area contributed by atoms with Crippen LogP contribution in [-0.4, -0.2) is 48.3 Å². The molecule has 0 radical (unpaired) electrons. The number of carbonyl (C=O) groups excluding carboxylic acids is 2. The number of amides is 2. The third-order valence-corrected chi connectivity index (χ3v) is 4.61. The summed E-state index contributed by atoms with van der Waals surface area (Å²) in [5.41, 5.74) is 0.991. The van der Waals surface area contributed by atoms with Gasteiger partial charge < -0.3 is 15.0 Å². The fourth-order valence-corrected chi connectivity index (χ4v) is 3.09. The van der Waals surface area contributed by atoms with E-state index in [0.29, 0.717) is 44.8 Å². The Balaban J connectivity index is 1.74. The minimum absolute atomic E-state index is 0.0554. The molecule has 1 aromatic carbocycles. The van der Waals surface area contributed by atoms with Crippen LogP contribution in [0.5, 0.6) is 5.75 Å². The van der Waals surface area contributed by atoms with E-state index in [2.05, 4.69) is 5.32 Å². The maximum Gasteiger partial charge on any atom is 0.226 e. The number of nitrogens with zero attached hydrogens (tertiary/aromatic N) is 1. The van der Waals surface area contributed by atoms with Crippen molar-refractivity contribution in [2.75, 3.05) is 25.6 Å². The Labute approximate surface area is 154 Å². The largest absolute Gasteiger partial charge is 0.494 e. The van der Waals surface area contributed by atoms with Gasteiger partial charge in [-0.1, -0.05) is 12.1 Å². The first-order valence-electron chi connectivity index (χ1n) is 8.97. The van der Waals surface area contributed by atoms with Gasteiger partial charge in [-0.25, -0.2) is 0 Å². The zero-order valence-corrected chi connectivity index (χ0v) is 15.6. The lowest BCUT2D eigenvalue weighted by molar-refractivity contribution is -0.131. The molecule has 0 aliphatic carbocycles. The van der Waals surface area contributed by atoms with Gasteiger partial charge in [0.25, 0.3) is 0 Å². The molecule has 0 unspecified atom stereocenters. The number of alkyl halides is 1. The zero-order chi connectivity index (χ0) is 18.1. The van der Waals surface area contributed by atoms with Crippen molar-refractivity contribution in [2.45, 2.75) is 45.1 Å². The van der Waals surface area contributed by atoms with Crippen molar-refractivity contribution in [3.8, 4) is 5.75 Å². The maximum absolute atomic E-state index is 12.4. The molecule has 1 saturated heterocycles. The van der Waals surface area contributed by atoms with Gasteiger partial charge >= 0.3 is 0 Å². The smallest absolute Gasteiger partial charge is 0.226 e. The molecule has 1 heterocycles. The van der Waals surface area contributed by atoms with Crippen molar-refractivity contribution in [1.29, 1.82) is 0 Å². The van der Waals surface area contributed by atoms with Crippen LogP contribution in [0.3, 0.4) is 0 Å². The first-order chi connectivity index (χ1) is 12.1. The molecule has 0 saturated carbocycles. The maximum atomic E-state index is 12.4. The van der Waals surface area contributed by atoms with E-state index in [9.17, 15) is 9.59 Å². The molecule has 0 atom stereocenters. The van der Waals surface area contributed by atoms with Gasteiger partial charge in [-0.2, -0.15) is 0 Å². The number of nitrogens with one attached hydrogen (secondary N) is 1. The molecule has 0 aromatic heterocycles. The summed E-state index contributed by atoms with van der Waals surface area (Å²) >= 11 is 5.60. The highest BCUT2D eigenvalue weighted by molar-refractivity contribution is 6.17. The standard InChI is InChI=1S/C19H27ClN2O3/c1-2-25-17-7-5-15(6-8-17)14-19(24)22-12-9-16(10-13-22)21-18(23)4-3-11-20/h5-8,16H,2-4,9-14H2,1H3,(H,21,23). The Hall–Kier alpha value is -1.75. The molecule has 1 aliphatic heterocycles. The third-order valence-electron chi connectivity index (χ3n) is 4.34. The van der Waals surface area contributed by atoms with Crippen LogP contribution >= 0.6 is 11.6 Å². The highest BCUT2D eigenvalue weighted by Gasteiger charge is 2.23. The first kappa shape index (κ1) is 19.6. The predicted octanol–water partition coefficient (Wildman–Crippen LogP) is 2.75. The van der Waals surface area contributed by atoms with Crippen molar-refractivity contribution in [3.05, 3.63) is 29.8 Å². The Morgan fingerprint density at radius 2 is 1.92 bits per heavy atom. The summed E-state index contributed by atoms with van der Waals surface area (Å²) in [6.45, 7) is 3.96. The lowest BCUT2D eigenvalue weighted by atomic mass is 10.0. The number of ether oxygens (including phenoxy) is 1. The van der Waals surface area contributed by atoms with Gasteiger partial charge in [0.15, 0.2) is 0 Å². The normalized spacial score (nSPS) is 15.0. The highest BCUT2D eigenvalue weighted by Crippen LogP contribution is 2.15. The minimum atomic E-state index is 0.0554. The predicted molar refractivity (Wildman–Crippen MR) is 99.0 cm³/mol. The molecule has 1 aliphatic rings. The third kappa shape index (κ3) is 6.58. The van der Waals surface area contributed by atoms with E-state index in [1.54, 1.807) is 0 Å². The van der Waals surface area contributed by atoms with E-state index in [1.165, 1.54) is 0 Å². The van der Waals surface area contributed by atoms with E-state index in [-0.39, 0.29) is 17.9 Å². The number of benzene rings is 1. The number of hydrogen-bond acceptors (Lipinski definition) is 3. The van der Waals surface area contributed by atoms with Gasteiger partial charge in [-0.3, -0.25) is 9.59 Å². The van der Waals surface area contributed by atoms with E-state index < -0.39 is 0 Å². The fraction of sp³-hybridized carbons (Fsp3) is 0.579. The summed E-state index contributed by atoms with van der Waals surface area (Å²) in [5, 5.41) is 3.03. The second-order valence-corrected chi connectivity index (χ2v) is 6.65. The Kier molecular flexibility index (Phi) is 8.06. The summed E-state index contributed by atoms with van der Waals surface area (Å²) in [5.74, 6) is 1.52. The van der Waals surface area contributed by atoms with Crippen LogP contribution < -0.4 is 10.1 Å². The van der Waals surface area contributed by atoms with E-state index in [1.807, 2.05) is 36.1 Å². The Morgan fingerprint density at radius 3 is 2.52 bits per heavy atom. The van der Waals surface area contributed by atoms with Gasteiger partial charge in [-0.15, -0.1) is 11.6 Å². The quantitative estimate of drug-likeness (QED) is 0.720. The molecule has 2 rings (SSSR count). The molecule has 1 fully saturated rings. The molecule has 5 nitrogen and oxygen atoms in total. The summed E-state index contributed by atoms with van der Waals surface area (Å²) in [7, 11) is 0. The average molecular weight is 367 g/mol. The lowest BCUT2D eigenvalue weighted by Crippen LogP contribution is -2.46. The molecule has 0 spiro atoms. The zero-order valence-electron chi connectivity index (χ0n) is 14.8. The molecule has 1 aromatic rings. The number of likely N-dealkylation sites (tertiary alicyclic amines) is 1. The molecule has 2 amide bonds. The van der Waals surface area contributed by atoms with Crippen LogP contribution in [-0.2, 0) is 16.0 Å². The summed E-state index contributed by atoms with van der Waals surface area (Å²) in [4.78, 5) is 26.1. The Bertz CT molecular complexity index is 554. The van der Waals surface area contributed by atoms with Crippen molar-refractivity contribution >= 4 is 23.4 Å². The van der Waals surface area contributed by atoms with E-state index in [4.69, 9.17) is 16.3 Å². The molecule has 6 heteroatoms. The van der Waals surface area contributed by atoms with Crippen molar-refractivity contribution in [3.63, 3.8) is 0 Å². The molecular formula is C19H27ClN2O3. The average Bonchev–Trinajstić information content (AvgIpc) is 2.62. The topological polar surface area (TPSA) is 58.6 Å². The summed E-state index contributed by atoms with van der Waals surface area (Å²) in [6, 6.07) is 7.83. The minimum Gasteiger partial charge on any atom is -0.494 e. The molecular weight excluding hydrogens is 340 g/mol. The molecule has 1 N–H and O–H groups in total. The van der Waals surface area contributed by atoms with Crippen LogP contribution in [0.4, 0.5) is 0 Å².